The summed E-state index contributed by atoms with van der Waals surface area (Å²) in [4.78, 5) is 18.1. The number of amides is 1. The molecular formula is C15H16Cl2F2N4O. The summed E-state index contributed by atoms with van der Waals surface area (Å²) in [5.74, 6) is -3.20. The van der Waals surface area contributed by atoms with Crippen molar-refractivity contribution >= 4 is 34.8 Å². The molecule has 0 aliphatic carbocycles. The van der Waals surface area contributed by atoms with Crippen LogP contribution in [0.15, 0.2) is 18.5 Å². The minimum absolute atomic E-state index is 0.0104. The third-order valence-corrected chi connectivity index (χ3v) is 4.66. The highest BCUT2D eigenvalue weighted by Gasteiger charge is 2.40. The van der Waals surface area contributed by atoms with Crippen molar-refractivity contribution in [1.82, 2.24) is 14.3 Å². The van der Waals surface area contributed by atoms with Crippen molar-refractivity contribution in [3.8, 4) is 0 Å². The number of nitrogens with zero attached hydrogens (tertiary/aromatic N) is 3. The van der Waals surface area contributed by atoms with Crippen LogP contribution < -0.4 is 5.73 Å². The van der Waals surface area contributed by atoms with Crippen LogP contribution in [0.25, 0.3) is 5.65 Å². The Balaban J connectivity index is 1.74. The molecule has 1 atom stereocenters. The average Bonchev–Trinajstić information content (AvgIpc) is 2.83. The van der Waals surface area contributed by atoms with E-state index in [4.69, 9.17) is 28.9 Å². The smallest absolute Gasteiger partial charge is 0.264 e. The van der Waals surface area contributed by atoms with Crippen molar-refractivity contribution in [2.45, 2.75) is 31.2 Å². The molecule has 1 aliphatic heterocycles. The van der Waals surface area contributed by atoms with E-state index in [2.05, 4.69) is 4.98 Å². The predicted molar refractivity (Wildman–Crippen MR) is 87.7 cm³/mol. The summed E-state index contributed by atoms with van der Waals surface area (Å²) in [6.07, 6.45) is 2.95. The van der Waals surface area contributed by atoms with Gasteiger partial charge in [0.1, 0.15) is 0 Å². The van der Waals surface area contributed by atoms with E-state index in [1.54, 1.807) is 22.9 Å². The number of fused-ring (bicyclic) bond motifs is 1. The molecule has 0 radical (unpaired) electrons. The van der Waals surface area contributed by atoms with Crippen LogP contribution in [-0.2, 0) is 11.2 Å². The summed E-state index contributed by atoms with van der Waals surface area (Å²) in [5, 5.41) is 0.827. The molecule has 0 saturated carbocycles. The first-order chi connectivity index (χ1) is 11.3. The molecule has 0 bridgehead atoms. The molecule has 1 amide bonds. The van der Waals surface area contributed by atoms with Gasteiger partial charge < -0.3 is 15.0 Å². The summed E-state index contributed by atoms with van der Waals surface area (Å²) >= 11 is 12.0. The average molecular weight is 377 g/mol. The lowest BCUT2D eigenvalue weighted by Crippen LogP contribution is -2.40. The standard InChI is InChI=1S/C15H16Cl2F2N4O/c16-9-5-11(17)14-21-10(8-23(14)7-9)6-13(24)22-3-1-12(20)15(18,19)2-4-22/h5,7-8,12H,1-4,6,20H2. The lowest BCUT2D eigenvalue weighted by Gasteiger charge is -2.20. The zero-order valence-corrected chi connectivity index (χ0v) is 14.2. The molecule has 3 rings (SSSR count). The molecule has 5 nitrogen and oxygen atoms in total. The number of likely N-dealkylation sites (tertiary alicyclic amines) is 1. The number of carbonyl (C=O) groups excluding carboxylic acids is 1. The molecule has 1 saturated heterocycles. The lowest BCUT2D eigenvalue weighted by molar-refractivity contribution is -0.130. The Morgan fingerprint density at radius 3 is 2.88 bits per heavy atom. The molecule has 2 aromatic heterocycles. The molecule has 3 heterocycles. The fourth-order valence-corrected chi connectivity index (χ4v) is 3.29. The van der Waals surface area contributed by atoms with Crippen LogP contribution in [0.3, 0.4) is 0 Å². The molecule has 1 aliphatic rings. The molecule has 1 fully saturated rings. The van der Waals surface area contributed by atoms with Crippen molar-refractivity contribution in [2.75, 3.05) is 13.1 Å². The van der Waals surface area contributed by atoms with Gasteiger partial charge in [-0.3, -0.25) is 4.79 Å². The molecular weight excluding hydrogens is 361 g/mol. The third kappa shape index (κ3) is 3.48. The largest absolute Gasteiger partial charge is 0.342 e. The zero-order chi connectivity index (χ0) is 17.5. The first kappa shape index (κ1) is 17.4. The van der Waals surface area contributed by atoms with Crippen LogP contribution in [0.1, 0.15) is 18.5 Å². The fraction of sp³-hybridized carbons (Fsp3) is 0.467. The SMILES string of the molecule is NC1CCN(C(=O)Cc2cn3cc(Cl)cc(Cl)c3n2)CCC1(F)F. The van der Waals surface area contributed by atoms with E-state index in [0.717, 1.165) is 0 Å². The molecule has 0 spiro atoms. The van der Waals surface area contributed by atoms with Crippen LogP contribution in [0, 0.1) is 0 Å². The van der Waals surface area contributed by atoms with Crippen molar-refractivity contribution in [3.63, 3.8) is 0 Å². The molecule has 2 aromatic rings. The molecule has 9 heteroatoms. The van der Waals surface area contributed by atoms with Crippen LogP contribution in [0.2, 0.25) is 10.0 Å². The first-order valence-electron chi connectivity index (χ1n) is 7.50. The van der Waals surface area contributed by atoms with Crippen LogP contribution in [-0.4, -0.2) is 45.2 Å². The Bertz CT molecular complexity index is 780. The summed E-state index contributed by atoms with van der Waals surface area (Å²) < 4.78 is 28.9. The van der Waals surface area contributed by atoms with E-state index < -0.39 is 18.4 Å². The Morgan fingerprint density at radius 2 is 2.12 bits per heavy atom. The maximum absolute atomic E-state index is 13.6. The maximum Gasteiger partial charge on any atom is 0.264 e. The highest BCUT2D eigenvalue weighted by atomic mass is 35.5. The quantitative estimate of drug-likeness (QED) is 0.876. The number of hydrogen-bond donors (Lipinski definition) is 1. The lowest BCUT2D eigenvalue weighted by atomic mass is 10.1. The van der Waals surface area contributed by atoms with Crippen molar-refractivity contribution < 1.29 is 13.6 Å². The van der Waals surface area contributed by atoms with Gasteiger partial charge in [-0.2, -0.15) is 0 Å². The summed E-state index contributed by atoms with van der Waals surface area (Å²) in [5.41, 5.74) is 6.48. The Morgan fingerprint density at radius 1 is 1.38 bits per heavy atom. The van der Waals surface area contributed by atoms with E-state index in [-0.39, 0.29) is 31.8 Å². The Labute approximate surface area is 147 Å². The maximum atomic E-state index is 13.6. The summed E-state index contributed by atoms with van der Waals surface area (Å²) in [7, 11) is 0. The number of halogens is 4. The molecule has 130 valence electrons. The van der Waals surface area contributed by atoms with Gasteiger partial charge in [0.2, 0.25) is 5.91 Å². The van der Waals surface area contributed by atoms with Crippen LogP contribution in [0.4, 0.5) is 8.78 Å². The number of alkyl halides is 2. The molecule has 24 heavy (non-hydrogen) atoms. The molecule has 0 aromatic carbocycles. The number of imidazole rings is 1. The van der Waals surface area contributed by atoms with Crippen LogP contribution >= 0.6 is 23.2 Å². The van der Waals surface area contributed by atoms with E-state index >= 15 is 0 Å². The van der Waals surface area contributed by atoms with Crippen LogP contribution in [0.5, 0.6) is 0 Å². The van der Waals surface area contributed by atoms with Gasteiger partial charge in [-0.05, 0) is 12.5 Å². The van der Waals surface area contributed by atoms with Gasteiger partial charge >= 0.3 is 0 Å². The number of hydrogen-bond acceptors (Lipinski definition) is 3. The zero-order valence-electron chi connectivity index (χ0n) is 12.7. The second-order valence-electron chi connectivity index (χ2n) is 5.93. The predicted octanol–water partition coefficient (Wildman–Crippen LogP) is 2.77. The summed E-state index contributed by atoms with van der Waals surface area (Å²) in [6.45, 7) is 0.203. The van der Waals surface area contributed by atoms with E-state index in [1.165, 1.54) is 4.90 Å². The minimum atomic E-state index is -2.94. The Hall–Kier alpha value is -1.44. The fourth-order valence-electron chi connectivity index (χ4n) is 2.76. The number of rotatable bonds is 2. The number of carbonyl (C=O) groups is 1. The van der Waals surface area contributed by atoms with Gasteiger partial charge in [0.15, 0.2) is 5.65 Å². The normalized spacial score (nSPS) is 21.0. The van der Waals surface area contributed by atoms with Gasteiger partial charge in [0.25, 0.3) is 5.92 Å². The van der Waals surface area contributed by atoms with Crippen molar-refractivity contribution in [3.05, 3.63) is 34.2 Å². The highest BCUT2D eigenvalue weighted by molar-refractivity contribution is 6.36. The van der Waals surface area contributed by atoms with Crippen molar-refractivity contribution in [2.24, 2.45) is 5.73 Å². The van der Waals surface area contributed by atoms with E-state index in [0.29, 0.717) is 21.4 Å². The minimum Gasteiger partial charge on any atom is -0.342 e. The van der Waals surface area contributed by atoms with Crippen molar-refractivity contribution in [1.29, 1.82) is 0 Å². The number of pyridine rings is 1. The van der Waals surface area contributed by atoms with Gasteiger partial charge in [-0.25, -0.2) is 13.8 Å². The Kier molecular flexibility index (Phi) is 4.68. The number of aromatic nitrogens is 2. The van der Waals surface area contributed by atoms with E-state index in [9.17, 15) is 13.6 Å². The second-order valence-corrected chi connectivity index (χ2v) is 6.78. The summed E-state index contributed by atoms with van der Waals surface area (Å²) in [6, 6.07) is 0.349. The first-order valence-corrected chi connectivity index (χ1v) is 8.25. The van der Waals surface area contributed by atoms with Gasteiger partial charge in [0.05, 0.1) is 28.2 Å². The van der Waals surface area contributed by atoms with E-state index in [1.807, 2.05) is 0 Å². The topological polar surface area (TPSA) is 63.6 Å². The third-order valence-electron chi connectivity index (χ3n) is 4.18. The van der Waals surface area contributed by atoms with Gasteiger partial charge in [-0.1, -0.05) is 23.2 Å². The number of nitrogens with two attached hydrogens (primary N) is 1. The molecule has 2 N–H and O–H groups in total. The van der Waals surface area contributed by atoms with Gasteiger partial charge in [0, 0.05) is 31.9 Å². The van der Waals surface area contributed by atoms with Gasteiger partial charge in [-0.15, -0.1) is 0 Å². The molecule has 1 unspecified atom stereocenters. The monoisotopic (exact) mass is 376 g/mol. The highest BCUT2D eigenvalue weighted by Crippen LogP contribution is 2.27. The second kappa shape index (κ2) is 6.46.